The lowest BCUT2D eigenvalue weighted by atomic mass is 9.94. The molecule has 0 amide bonds. The molecular formula is C14H20F2. The molecule has 0 radical (unpaired) electrons. The topological polar surface area (TPSA) is 0 Å². The van der Waals surface area contributed by atoms with Crippen LogP contribution in [0, 0.1) is 11.6 Å². The summed E-state index contributed by atoms with van der Waals surface area (Å²) in [6.07, 6.45) is 5.44. The van der Waals surface area contributed by atoms with E-state index in [1.165, 1.54) is 31.0 Å². The molecule has 1 aromatic carbocycles. The molecule has 1 unspecified atom stereocenters. The van der Waals surface area contributed by atoms with E-state index in [1.54, 1.807) is 0 Å². The zero-order valence-corrected chi connectivity index (χ0v) is 10.1. The summed E-state index contributed by atoms with van der Waals surface area (Å²) in [5.41, 5.74) is 0.249. The summed E-state index contributed by atoms with van der Waals surface area (Å²) in [4.78, 5) is 0. The second-order valence-corrected chi connectivity index (χ2v) is 4.39. The molecule has 0 aromatic heterocycles. The van der Waals surface area contributed by atoms with Crippen LogP contribution in [0.2, 0.25) is 0 Å². The molecular weight excluding hydrogens is 206 g/mol. The predicted octanol–water partition coefficient (Wildman–Crippen LogP) is 5.04. The minimum atomic E-state index is -0.414. The fourth-order valence-electron chi connectivity index (χ4n) is 2.00. The lowest BCUT2D eigenvalue weighted by Crippen LogP contribution is -2.01. The van der Waals surface area contributed by atoms with Crippen molar-refractivity contribution in [2.75, 3.05) is 0 Å². The Labute approximate surface area is 96.7 Å². The van der Waals surface area contributed by atoms with E-state index in [4.69, 9.17) is 0 Å². The average Bonchev–Trinajstić information content (AvgIpc) is 2.24. The number of unbranched alkanes of at least 4 members (excludes halogenated alkanes) is 3. The number of hydrogen-bond acceptors (Lipinski definition) is 0. The summed E-state index contributed by atoms with van der Waals surface area (Å²) in [7, 11) is 0. The minimum Gasteiger partial charge on any atom is -0.207 e. The molecule has 0 saturated carbocycles. The largest absolute Gasteiger partial charge is 0.207 e. The van der Waals surface area contributed by atoms with Crippen molar-refractivity contribution in [2.45, 2.75) is 51.9 Å². The van der Waals surface area contributed by atoms with Gasteiger partial charge in [0.2, 0.25) is 0 Å². The first-order valence-electron chi connectivity index (χ1n) is 6.10. The van der Waals surface area contributed by atoms with Crippen LogP contribution in [0.25, 0.3) is 0 Å². The third-order valence-corrected chi connectivity index (χ3v) is 2.98. The smallest absolute Gasteiger partial charge is 0.129 e. The van der Waals surface area contributed by atoms with E-state index in [1.807, 2.05) is 6.92 Å². The van der Waals surface area contributed by atoms with Gasteiger partial charge in [0.1, 0.15) is 11.6 Å². The van der Waals surface area contributed by atoms with Crippen LogP contribution in [0.3, 0.4) is 0 Å². The van der Waals surface area contributed by atoms with Gasteiger partial charge in [0, 0.05) is 5.56 Å². The predicted molar refractivity (Wildman–Crippen MR) is 63.5 cm³/mol. The van der Waals surface area contributed by atoms with E-state index in [2.05, 4.69) is 6.92 Å². The van der Waals surface area contributed by atoms with Crippen LogP contribution >= 0.6 is 0 Å². The Balaban J connectivity index is 2.55. The molecule has 1 aromatic rings. The fourth-order valence-corrected chi connectivity index (χ4v) is 2.00. The first-order valence-corrected chi connectivity index (χ1v) is 6.10. The maximum Gasteiger partial charge on any atom is 0.129 e. The van der Waals surface area contributed by atoms with Gasteiger partial charge in [0.15, 0.2) is 0 Å². The molecule has 16 heavy (non-hydrogen) atoms. The van der Waals surface area contributed by atoms with Gasteiger partial charge in [-0.05, 0) is 24.5 Å². The van der Waals surface area contributed by atoms with Gasteiger partial charge in [-0.15, -0.1) is 0 Å². The van der Waals surface area contributed by atoms with Crippen molar-refractivity contribution in [2.24, 2.45) is 0 Å². The number of benzene rings is 1. The van der Waals surface area contributed by atoms with E-state index < -0.39 is 11.6 Å². The van der Waals surface area contributed by atoms with E-state index >= 15 is 0 Å². The van der Waals surface area contributed by atoms with Gasteiger partial charge < -0.3 is 0 Å². The molecule has 2 heteroatoms. The van der Waals surface area contributed by atoms with Crippen molar-refractivity contribution in [3.63, 3.8) is 0 Å². The van der Waals surface area contributed by atoms with Crippen LogP contribution in [0.4, 0.5) is 8.78 Å². The van der Waals surface area contributed by atoms with Gasteiger partial charge >= 0.3 is 0 Å². The van der Waals surface area contributed by atoms with Crippen LogP contribution in [0.15, 0.2) is 18.2 Å². The van der Waals surface area contributed by atoms with Crippen LogP contribution < -0.4 is 0 Å². The Morgan fingerprint density at radius 1 is 1.06 bits per heavy atom. The van der Waals surface area contributed by atoms with Crippen molar-refractivity contribution in [1.82, 2.24) is 0 Å². The molecule has 90 valence electrons. The maximum absolute atomic E-state index is 13.4. The zero-order chi connectivity index (χ0) is 12.0. The number of rotatable bonds is 6. The van der Waals surface area contributed by atoms with E-state index in [-0.39, 0.29) is 11.5 Å². The lowest BCUT2D eigenvalue weighted by molar-refractivity contribution is 0.504. The van der Waals surface area contributed by atoms with Crippen molar-refractivity contribution in [1.29, 1.82) is 0 Å². The highest BCUT2D eigenvalue weighted by Gasteiger charge is 2.15. The summed E-state index contributed by atoms with van der Waals surface area (Å²) in [5, 5.41) is 0. The zero-order valence-electron chi connectivity index (χ0n) is 10.1. The standard InChI is InChI=1S/C14H20F2/c1-3-4-5-6-8-11(2)14-12(15)9-7-10-13(14)16/h7,9-11H,3-6,8H2,1-2H3. The molecule has 0 aliphatic carbocycles. The van der Waals surface area contributed by atoms with E-state index in [9.17, 15) is 8.78 Å². The quantitative estimate of drug-likeness (QED) is 0.596. The molecule has 0 aliphatic heterocycles. The minimum absolute atomic E-state index is 0.0296. The van der Waals surface area contributed by atoms with Crippen LogP contribution in [-0.4, -0.2) is 0 Å². The molecule has 0 fully saturated rings. The molecule has 1 rings (SSSR count). The highest BCUT2D eigenvalue weighted by atomic mass is 19.1. The first kappa shape index (κ1) is 13.1. The third kappa shape index (κ3) is 3.58. The Bertz CT molecular complexity index is 300. The fraction of sp³-hybridized carbons (Fsp3) is 0.571. The molecule has 0 spiro atoms. The Hall–Kier alpha value is -0.920. The van der Waals surface area contributed by atoms with Crippen molar-refractivity contribution >= 4 is 0 Å². The SMILES string of the molecule is CCCCCCC(C)c1c(F)cccc1F. The van der Waals surface area contributed by atoms with E-state index in [0.29, 0.717) is 0 Å². The number of halogens is 2. The molecule has 0 nitrogen and oxygen atoms in total. The van der Waals surface area contributed by atoms with Crippen LogP contribution in [0.5, 0.6) is 0 Å². The van der Waals surface area contributed by atoms with Crippen LogP contribution in [-0.2, 0) is 0 Å². The highest BCUT2D eigenvalue weighted by Crippen LogP contribution is 2.26. The van der Waals surface area contributed by atoms with E-state index in [0.717, 1.165) is 19.3 Å². The second kappa shape index (κ2) is 6.62. The summed E-state index contributed by atoms with van der Waals surface area (Å²) in [5.74, 6) is -0.857. The molecule has 0 bridgehead atoms. The lowest BCUT2D eigenvalue weighted by Gasteiger charge is -2.13. The third-order valence-electron chi connectivity index (χ3n) is 2.98. The molecule has 0 N–H and O–H groups in total. The monoisotopic (exact) mass is 226 g/mol. The summed E-state index contributed by atoms with van der Waals surface area (Å²) in [6.45, 7) is 4.05. The maximum atomic E-state index is 13.4. The molecule has 0 saturated heterocycles. The van der Waals surface area contributed by atoms with Gasteiger partial charge in [0.05, 0.1) is 0 Å². The van der Waals surface area contributed by atoms with Gasteiger partial charge in [-0.2, -0.15) is 0 Å². The van der Waals surface area contributed by atoms with Crippen LogP contribution in [0.1, 0.15) is 57.4 Å². The molecule has 0 aliphatic rings. The Kier molecular flexibility index (Phi) is 5.44. The van der Waals surface area contributed by atoms with Crippen molar-refractivity contribution in [3.8, 4) is 0 Å². The Morgan fingerprint density at radius 3 is 2.25 bits per heavy atom. The summed E-state index contributed by atoms with van der Waals surface area (Å²) in [6, 6.07) is 4.08. The van der Waals surface area contributed by atoms with Gasteiger partial charge in [0.25, 0.3) is 0 Å². The first-order chi connectivity index (χ1) is 7.66. The van der Waals surface area contributed by atoms with Crippen molar-refractivity contribution in [3.05, 3.63) is 35.4 Å². The molecule has 1 atom stereocenters. The van der Waals surface area contributed by atoms with Crippen molar-refractivity contribution < 1.29 is 8.78 Å². The van der Waals surface area contributed by atoms with Gasteiger partial charge in [-0.25, -0.2) is 8.78 Å². The van der Waals surface area contributed by atoms with Gasteiger partial charge in [-0.1, -0.05) is 45.6 Å². The normalized spacial score (nSPS) is 12.8. The highest BCUT2D eigenvalue weighted by molar-refractivity contribution is 5.23. The second-order valence-electron chi connectivity index (χ2n) is 4.39. The average molecular weight is 226 g/mol. The number of hydrogen-bond donors (Lipinski definition) is 0. The summed E-state index contributed by atoms with van der Waals surface area (Å²) < 4.78 is 26.9. The van der Waals surface area contributed by atoms with Gasteiger partial charge in [-0.3, -0.25) is 0 Å². The Morgan fingerprint density at radius 2 is 1.69 bits per heavy atom. The summed E-state index contributed by atoms with van der Waals surface area (Å²) >= 11 is 0. The molecule has 0 heterocycles.